The number of anilines is 1. The Bertz CT molecular complexity index is 991. The van der Waals surface area contributed by atoms with Gasteiger partial charge >= 0.3 is 0 Å². The molecule has 1 N–H and O–H groups in total. The summed E-state index contributed by atoms with van der Waals surface area (Å²) in [5, 5.41) is 14.6. The van der Waals surface area contributed by atoms with Crippen LogP contribution >= 0.6 is 23.1 Å². The highest BCUT2D eigenvalue weighted by molar-refractivity contribution is 7.99. The van der Waals surface area contributed by atoms with Gasteiger partial charge in [-0.25, -0.2) is 0 Å². The number of aryl methyl sites for hydroxylation is 2. The third-order valence-corrected chi connectivity index (χ3v) is 6.92. The second kappa shape index (κ2) is 9.76. The fraction of sp³-hybridized carbons (Fsp3) is 0.409. The number of aromatic nitrogens is 3. The van der Waals surface area contributed by atoms with Crippen molar-refractivity contribution >= 4 is 34.7 Å². The highest BCUT2D eigenvalue weighted by Gasteiger charge is 2.22. The van der Waals surface area contributed by atoms with E-state index in [2.05, 4.69) is 45.4 Å². The van der Waals surface area contributed by atoms with Gasteiger partial charge in [0.2, 0.25) is 5.91 Å². The lowest BCUT2D eigenvalue weighted by Gasteiger charge is -2.14. The predicted octanol–water partition coefficient (Wildman–Crippen LogP) is 4.79. The summed E-state index contributed by atoms with van der Waals surface area (Å²) in [6.45, 7) is 5.71. The van der Waals surface area contributed by atoms with Gasteiger partial charge in [-0.15, -0.1) is 21.5 Å². The third-order valence-electron chi connectivity index (χ3n) is 5.09. The first kappa shape index (κ1) is 21.1. The molecule has 1 aliphatic rings. The van der Waals surface area contributed by atoms with E-state index in [1.54, 1.807) is 11.3 Å². The SMILES string of the molecule is CCc1ccc(NC(=O)CSc2nnc(-c3csc(C)c3)n2CC2CCCO2)cc1. The van der Waals surface area contributed by atoms with Crippen LogP contribution in [0.5, 0.6) is 0 Å². The summed E-state index contributed by atoms with van der Waals surface area (Å²) in [6.07, 6.45) is 3.28. The molecular weight excluding hydrogens is 416 g/mol. The predicted molar refractivity (Wildman–Crippen MR) is 122 cm³/mol. The van der Waals surface area contributed by atoms with E-state index in [4.69, 9.17) is 4.74 Å². The Kier molecular flexibility index (Phi) is 6.86. The van der Waals surface area contributed by atoms with Crippen LogP contribution in [-0.4, -0.2) is 39.1 Å². The number of thiophene rings is 1. The second-order valence-electron chi connectivity index (χ2n) is 7.39. The van der Waals surface area contributed by atoms with Crippen LogP contribution in [0.25, 0.3) is 11.4 Å². The summed E-state index contributed by atoms with van der Waals surface area (Å²) in [5.74, 6) is 1.07. The van der Waals surface area contributed by atoms with Gasteiger partial charge in [-0.05, 0) is 49.9 Å². The molecule has 158 valence electrons. The number of carbonyl (C=O) groups excluding carboxylic acids is 1. The molecule has 1 atom stereocenters. The molecule has 8 heteroatoms. The van der Waals surface area contributed by atoms with Crippen LogP contribution in [0.3, 0.4) is 0 Å². The number of carbonyl (C=O) groups is 1. The molecule has 0 radical (unpaired) electrons. The molecule has 1 fully saturated rings. The van der Waals surface area contributed by atoms with Crippen molar-refractivity contribution in [3.8, 4) is 11.4 Å². The summed E-state index contributed by atoms with van der Waals surface area (Å²) in [7, 11) is 0. The number of hydrogen-bond donors (Lipinski definition) is 1. The maximum Gasteiger partial charge on any atom is 0.234 e. The summed E-state index contributed by atoms with van der Waals surface area (Å²) in [4.78, 5) is 13.7. The van der Waals surface area contributed by atoms with E-state index in [9.17, 15) is 4.79 Å². The standard InChI is InChI=1S/C22H26N4O2S2/c1-3-16-6-8-18(9-7-16)23-20(27)14-30-22-25-24-21(17-11-15(2)29-13-17)26(22)12-19-5-4-10-28-19/h6-9,11,13,19H,3-5,10,12,14H2,1-2H3,(H,23,27). The van der Waals surface area contributed by atoms with E-state index in [0.717, 1.165) is 48.1 Å². The minimum Gasteiger partial charge on any atom is -0.376 e. The Morgan fingerprint density at radius 2 is 2.17 bits per heavy atom. The molecule has 0 aliphatic carbocycles. The zero-order valence-electron chi connectivity index (χ0n) is 17.3. The van der Waals surface area contributed by atoms with Crippen molar-refractivity contribution in [1.82, 2.24) is 14.8 Å². The highest BCUT2D eigenvalue weighted by atomic mass is 32.2. The molecule has 4 rings (SSSR count). The van der Waals surface area contributed by atoms with Gasteiger partial charge in [-0.1, -0.05) is 30.8 Å². The minimum atomic E-state index is -0.0520. The normalized spacial score (nSPS) is 16.1. The Balaban J connectivity index is 1.45. The average molecular weight is 443 g/mol. The molecule has 6 nitrogen and oxygen atoms in total. The van der Waals surface area contributed by atoms with Crippen LogP contribution in [-0.2, 0) is 22.5 Å². The Morgan fingerprint density at radius 1 is 1.33 bits per heavy atom. The van der Waals surface area contributed by atoms with Gasteiger partial charge < -0.3 is 10.1 Å². The number of nitrogens with one attached hydrogen (secondary N) is 1. The first-order valence-corrected chi connectivity index (χ1v) is 12.1. The van der Waals surface area contributed by atoms with E-state index in [0.29, 0.717) is 6.54 Å². The van der Waals surface area contributed by atoms with Gasteiger partial charge in [-0.3, -0.25) is 9.36 Å². The molecular formula is C22H26N4O2S2. The number of benzene rings is 1. The molecule has 1 aliphatic heterocycles. The van der Waals surface area contributed by atoms with E-state index in [1.165, 1.54) is 22.2 Å². The van der Waals surface area contributed by atoms with Gasteiger partial charge in [0.1, 0.15) is 0 Å². The highest BCUT2D eigenvalue weighted by Crippen LogP contribution is 2.29. The van der Waals surface area contributed by atoms with E-state index in [-0.39, 0.29) is 17.8 Å². The molecule has 0 saturated carbocycles. The minimum absolute atomic E-state index is 0.0520. The number of thioether (sulfide) groups is 1. The van der Waals surface area contributed by atoms with Gasteiger partial charge in [-0.2, -0.15) is 0 Å². The largest absolute Gasteiger partial charge is 0.376 e. The molecule has 3 aromatic rings. The van der Waals surface area contributed by atoms with Crippen LogP contribution in [0.1, 0.15) is 30.2 Å². The molecule has 30 heavy (non-hydrogen) atoms. The van der Waals surface area contributed by atoms with E-state index < -0.39 is 0 Å². The Morgan fingerprint density at radius 3 is 2.83 bits per heavy atom. The molecule has 0 spiro atoms. The Hall–Kier alpha value is -2.16. The average Bonchev–Trinajstić information content (AvgIpc) is 3.49. The number of ether oxygens (including phenoxy) is 1. The Labute approximate surface area is 185 Å². The monoisotopic (exact) mass is 442 g/mol. The van der Waals surface area contributed by atoms with Crippen molar-refractivity contribution in [3.05, 3.63) is 46.2 Å². The maximum atomic E-state index is 12.5. The van der Waals surface area contributed by atoms with Crippen molar-refractivity contribution in [3.63, 3.8) is 0 Å². The van der Waals surface area contributed by atoms with Crippen molar-refractivity contribution in [2.24, 2.45) is 0 Å². The van der Waals surface area contributed by atoms with Crippen LogP contribution in [0, 0.1) is 6.92 Å². The fourth-order valence-electron chi connectivity index (χ4n) is 3.48. The summed E-state index contributed by atoms with van der Waals surface area (Å²) in [5.41, 5.74) is 3.13. The van der Waals surface area contributed by atoms with E-state index >= 15 is 0 Å². The lowest BCUT2D eigenvalue weighted by Crippen LogP contribution is -2.18. The quantitative estimate of drug-likeness (QED) is 0.508. The zero-order chi connectivity index (χ0) is 20.9. The number of hydrogen-bond acceptors (Lipinski definition) is 6. The van der Waals surface area contributed by atoms with Crippen molar-refractivity contribution < 1.29 is 9.53 Å². The molecule has 1 aromatic carbocycles. The van der Waals surface area contributed by atoms with Crippen molar-refractivity contribution in [2.45, 2.75) is 50.9 Å². The topological polar surface area (TPSA) is 69.0 Å². The summed E-state index contributed by atoms with van der Waals surface area (Å²) < 4.78 is 7.94. The fourth-order valence-corrected chi connectivity index (χ4v) is 4.91. The summed E-state index contributed by atoms with van der Waals surface area (Å²) in [6, 6.07) is 10.1. The molecule has 2 aromatic heterocycles. The van der Waals surface area contributed by atoms with Crippen LogP contribution < -0.4 is 5.32 Å². The number of rotatable bonds is 8. The molecule has 1 unspecified atom stereocenters. The van der Waals surface area contributed by atoms with Gasteiger partial charge in [0.25, 0.3) is 0 Å². The van der Waals surface area contributed by atoms with Gasteiger partial charge in [0.05, 0.1) is 18.4 Å². The van der Waals surface area contributed by atoms with Gasteiger partial charge in [0, 0.05) is 28.1 Å². The summed E-state index contributed by atoms with van der Waals surface area (Å²) >= 11 is 3.11. The van der Waals surface area contributed by atoms with Crippen LogP contribution in [0.4, 0.5) is 5.69 Å². The lowest BCUT2D eigenvalue weighted by atomic mass is 10.1. The van der Waals surface area contributed by atoms with Gasteiger partial charge in [0.15, 0.2) is 11.0 Å². The number of nitrogens with zero attached hydrogens (tertiary/aromatic N) is 3. The molecule has 0 bridgehead atoms. The second-order valence-corrected chi connectivity index (χ2v) is 9.44. The zero-order valence-corrected chi connectivity index (χ0v) is 18.9. The first-order valence-electron chi connectivity index (χ1n) is 10.2. The van der Waals surface area contributed by atoms with E-state index in [1.807, 2.05) is 24.3 Å². The lowest BCUT2D eigenvalue weighted by molar-refractivity contribution is -0.113. The molecule has 3 heterocycles. The number of amides is 1. The van der Waals surface area contributed by atoms with Crippen LogP contribution in [0.2, 0.25) is 0 Å². The third kappa shape index (κ3) is 5.11. The first-order chi connectivity index (χ1) is 14.6. The van der Waals surface area contributed by atoms with Crippen molar-refractivity contribution in [2.75, 3.05) is 17.7 Å². The smallest absolute Gasteiger partial charge is 0.234 e. The molecule has 1 saturated heterocycles. The molecule has 1 amide bonds. The van der Waals surface area contributed by atoms with Crippen molar-refractivity contribution in [1.29, 1.82) is 0 Å². The van der Waals surface area contributed by atoms with Crippen LogP contribution in [0.15, 0.2) is 40.9 Å². The maximum absolute atomic E-state index is 12.5.